The van der Waals surface area contributed by atoms with Crippen LogP contribution in [0.1, 0.15) is 148 Å². The van der Waals surface area contributed by atoms with E-state index in [1.54, 1.807) is 0 Å². The van der Waals surface area contributed by atoms with Crippen LogP contribution in [0.25, 0.3) is 42.1 Å². The van der Waals surface area contributed by atoms with Gasteiger partial charge in [0.25, 0.3) is 6.71 Å². The Morgan fingerprint density at radius 3 is 1.52 bits per heavy atom. The van der Waals surface area contributed by atoms with Crippen molar-refractivity contribution in [3.63, 3.8) is 0 Å². The number of hydrogen-bond donors (Lipinski definition) is 0. The molecule has 7 heteroatoms. The number of nitrogens with zero attached hydrogens (tertiary/aromatic N) is 4. The minimum atomic E-state index is -0.131. The third-order valence-electron chi connectivity index (χ3n) is 22.9. The monoisotopic (exact) mass is 1140 g/mol. The molecule has 17 rings (SSSR count). The van der Waals surface area contributed by atoms with Crippen molar-refractivity contribution in [2.24, 2.45) is 0 Å². The number of thiophene rings is 1. The molecule has 6 aliphatic rings. The van der Waals surface area contributed by atoms with Gasteiger partial charge in [0.2, 0.25) is 0 Å². The zero-order valence-electron chi connectivity index (χ0n) is 52.0. The first-order valence-corrected chi connectivity index (χ1v) is 32.8. The molecule has 4 unspecified atom stereocenters. The molecule has 5 nitrogen and oxygen atoms in total. The van der Waals surface area contributed by atoms with Crippen LogP contribution in [0.4, 0.5) is 56.9 Å². The number of furan rings is 1. The number of benzene rings is 9. The normalized spacial score (nSPS) is 23.0. The molecule has 9 aromatic carbocycles. The molecule has 428 valence electrons. The van der Waals surface area contributed by atoms with Crippen LogP contribution in [0.5, 0.6) is 0 Å². The van der Waals surface area contributed by atoms with Gasteiger partial charge in [-0.2, -0.15) is 0 Å². The fourth-order valence-electron chi connectivity index (χ4n) is 17.9. The van der Waals surface area contributed by atoms with Gasteiger partial charge in [0.15, 0.2) is 5.58 Å². The lowest BCUT2D eigenvalue weighted by molar-refractivity contribution is 0.195. The number of anilines is 10. The molecule has 6 heterocycles. The van der Waals surface area contributed by atoms with Crippen LogP contribution in [-0.4, -0.2) is 17.8 Å². The first-order valence-electron chi connectivity index (χ1n) is 32.0. The lowest BCUT2D eigenvalue weighted by atomic mass is 9.33. The highest BCUT2D eigenvalue weighted by atomic mass is 32.1. The number of hydrogen-bond acceptors (Lipinski definition) is 6. The molecule has 0 amide bonds. The van der Waals surface area contributed by atoms with E-state index in [9.17, 15) is 0 Å². The average Bonchev–Trinajstić information content (AvgIpc) is 1.30. The van der Waals surface area contributed by atoms with E-state index in [2.05, 4.69) is 266 Å². The Morgan fingerprint density at radius 1 is 0.442 bits per heavy atom. The van der Waals surface area contributed by atoms with Gasteiger partial charge in [-0.15, -0.1) is 11.3 Å². The maximum Gasteiger partial charge on any atom is 0.252 e. The Morgan fingerprint density at radius 2 is 0.942 bits per heavy atom. The van der Waals surface area contributed by atoms with Gasteiger partial charge in [-0.05, 0) is 174 Å². The number of rotatable bonds is 4. The second kappa shape index (κ2) is 17.7. The van der Waals surface area contributed by atoms with Gasteiger partial charge < -0.3 is 24.0 Å². The largest absolute Gasteiger partial charge is 0.454 e. The zero-order chi connectivity index (χ0) is 58.8. The SMILES string of the molecule is Cc1cc2c3c(c1)N(c1cccc4c1sc1ccccc14)c1cc(N4c5ccc(C(C)(C)C)cc5C5(C)CCCCC45C)ccc1B3c1ccc(N3c4ccc(C(C)(C)C)cc4C4(C)CCCCC34C)cc1N2c1cccc2c1oc1ccccc12. The number of fused-ring (bicyclic) bond motifs is 16. The van der Waals surface area contributed by atoms with Crippen LogP contribution in [0.15, 0.2) is 174 Å². The van der Waals surface area contributed by atoms with Gasteiger partial charge in [0.05, 0.1) is 27.2 Å². The predicted molar refractivity (Wildman–Crippen MR) is 368 cm³/mol. The smallest absolute Gasteiger partial charge is 0.252 e. The average molecular weight is 1140 g/mol. The summed E-state index contributed by atoms with van der Waals surface area (Å²) in [4.78, 5) is 10.9. The van der Waals surface area contributed by atoms with Gasteiger partial charge in [-0.3, -0.25) is 0 Å². The van der Waals surface area contributed by atoms with E-state index in [1.165, 1.54) is 154 Å². The summed E-state index contributed by atoms with van der Waals surface area (Å²) >= 11 is 1.92. The van der Waals surface area contributed by atoms with E-state index in [1.807, 2.05) is 11.3 Å². The standard InChI is InChI=1S/C79H77BN4OS/c1-48-42-67-71-68(43-48)82(64-27-21-25-56-54-23-13-15-29-70(54)86-73(56)64)66-47-52(84-62-37-31-50(75(5,6)7)45-58(62)77(9)39-17-19-41-79(77,84)11)33-35-60(66)80(71)59-34-32-51(46-65(59)81(67)63-26-20-24-55-53-22-12-14-28-69(53)85-72(55)63)83-61-36-30-49(74(2,3)4)44-57(61)76(8)38-16-18-40-78(76,83)10/h12-15,20-37,42-47H,16-19,38-41H2,1-11H3. The lowest BCUT2D eigenvalue weighted by Crippen LogP contribution is -2.61. The van der Waals surface area contributed by atoms with Crippen molar-refractivity contribution >= 4 is 133 Å². The van der Waals surface area contributed by atoms with E-state index in [0.29, 0.717) is 0 Å². The van der Waals surface area contributed by atoms with Crippen molar-refractivity contribution < 1.29 is 4.42 Å². The fourth-order valence-corrected chi connectivity index (χ4v) is 19.1. The van der Waals surface area contributed by atoms with Crippen molar-refractivity contribution in [3.8, 4) is 0 Å². The Hall–Kier alpha value is -7.74. The van der Waals surface area contributed by atoms with Crippen molar-refractivity contribution in [1.82, 2.24) is 0 Å². The Kier molecular flexibility index (Phi) is 10.8. The van der Waals surface area contributed by atoms with E-state index < -0.39 is 0 Å². The summed E-state index contributed by atoms with van der Waals surface area (Å²) in [6, 6.07) is 66.7. The Labute approximate surface area is 512 Å². The first kappa shape index (κ1) is 52.6. The van der Waals surface area contributed by atoms with E-state index in [0.717, 1.165) is 40.5 Å². The molecular formula is C79H77BN4OS. The van der Waals surface area contributed by atoms with Crippen molar-refractivity contribution in [1.29, 1.82) is 0 Å². The molecular weight excluding hydrogens is 1060 g/mol. The van der Waals surface area contributed by atoms with Crippen LogP contribution >= 0.6 is 11.3 Å². The Bertz CT molecular complexity index is 4440. The van der Waals surface area contributed by atoms with E-state index in [4.69, 9.17) is 4.42 Å². The molecule has 0 saturated heterocycles. The summed E-state index contributed by atoms with van der Waals surface area (Å²) in [5, 5.41) is 4.88. The number of aryl methyl sites for hydroxylation is 1. The minimum absolute atomic E-state index is 0.0121. The molecule has 2 aromatic heterocycles. The van der Waals surface area contributed by atoms with Crippen molar-refractivity contribution in [2.45, 2.75) is 160 Å². The highest BCUT2D eigenvalue weighted by molar-refractivity contribution is 7.26. The molecule has 0 N–H and O–H groups in total. The van der Waals surface area contributed by atoms with E-state index in [-0.39, 0.29) is 39.5 Å². The summed E-state index contributed by atoms with van der Waals surface area (Å²) in [5.74, 6) is 0. The molecule has 0 bridgehead atoms. The van der Waals surface area contributed by atoms with Gasteiger partial charge in [-0.25, -0.2) is 0 Å². The van der Waals surface area contributed by atoms with Crippen LogP contribution < -0.4 is 36.0 Å². The molecule has 4 aliphatic heterocycles. The van der Waals surface area contributed by atoms with Crippen molar-refractivity contribution in [3.05, 3.63) is 198 Å². The highest BCUT2D eigenvalue weighted by Gasteiger charge is 2.60. The quantitative estimate of drug-likeness (QED) is 0.164. The van der Waals surface area contributed by atoms with Gasteiger partial charge in [0.1, 0.15) is 5.58 Å². The molecule has 4 atom stereocenters. The predicted octanol–water partition coefficient (Wildman–Crippen LogP) is 20.4. The fraction of sp³-hybridized carbons (Fsp3) is 0.316. The third-order valence-corrected chi connectivity index (χ3v) is 24.1. The summed E-state index contributed by atoms with van der Waals surface area (Å²) < 4.78 is 9.75. The molecule has 86 heavy (non-hydrogen) atoms. The minimum Gasteiger partial charge on any atom is -0.454 e. The van der Waals surface area contributed by atoms with Gasteiger partial charge >= 0.3 is 0 Å². The summed E-state index contributed by atoms with van der Waals surface area (Å²) in [5.41, 5.74) is 25.0. The molecule has 2 aliphatic carbocycles. The highest BCUT2D eigenvalue weighted by Crippen LogP contribution is 2.64. The zero-order valence-corrected chi connectivity index (χ0v) is 52.8. The van der Waals surface area contributed by atoms with Crippen LogP contribution in [0, 0.1) is 6.92 Å². The van der Waals surface area contributed by atoms with Gasteiger partial charge in [0, 0.05) is 82.6 Å². The first-order chi connectivity index (χ1) is 41.3. The second-order valence-electron chi connectivity index (χ2n) is 29.6. The molecule has 0 spiro atoms. The second-order valence-corrected chi connectivity index (χ2v) is 30.6. The summed E-state index contributed by atoms with van der Waals surface area (Å²) in [6.45, 7) is 26.8. The molecule has 2 fully saturated rings. The third kappa shape index (κ3) is 6.90. The topological polar surface area (TPSA) is 26.1 Å². The lowest BCUT2D eigenvalue weighted by Gasteiger charge is -2.51. The van der Waals surface area contributed by atoms with E-state index >= 15 is 0 Å². The maximum atomic E-state index is 7.13. The van der Waals surface area contributed by atoms with Crippen LogP contribution in [-0.2, 0) is 21.7 Å². The summed E-state index contributed by atoms with van der Waals surface area (Å²) in [7, 11) is 0. The molecule has 0 radical (unpaired) electrons. The molecule has 2 saturated carbocycles. The molecule has 11 aromatic rings. The van der Waals surface area contributed by atoms with Crippen LogP contribution in [0.2, 0.25) is 0 Å². The van der Waals surface area contributed by atoms with Crippen molar-refractivity contribution in [2.75, 3.05) is 19.6 Å². The number of para-hydroxylation sites is 2. The Balaban J connectivity index is 0.950. The maximum absolute atomic E-state index is 7.13. The van der Waals surface area contributed by atoms with Gasteiger partial charge in [-0.1, -0.05) is 178 Å². The summed E-state index contributed by atoms with van der Waals surface area (Å²) in [6.07, 6.45) is 9.56. The van der Waals surface area contributed by atoms with Crippen LogP contribution in [0.3, 0.4) is 0 Å².